The Morgan fingerprint density at radius 2 is 1.55 bits per heavy atom. The van der Waals surface area contributed by atoms with Gasteiger partial charge in [-0.15, -0.1) is 0 Å². The van der Waals surface area contributed by atoms with Crippen molar-refractivity contribution >= 4 is 15.9 Å². The third-order valence-electron chi connectivity index (χ3n) is 8.44. The summed E-state index contributed by atoms with van der Waals surface area (Å²) < 4.78 is 67.0. The molecule has 4 saturated carbocycles. The zero-order valence-electron chi connectivity index (χ0n) is 18.6. The molecule has 5 aliphatic rings. The van der Waals surface area contributed by atoms with Crippen LogP contribution in [-0.4, -0.2) is 38.3 Å². The van der Waals surface area contributed by atoms with Gasteiger partial charge in [-0.05, 0) is 86.7 Å². The molecule has 1 amide bonds. The molecule has 5 fully saturated rings. The minimum Gasteiger partial charge on any atom is -0.355 e. The van der Waals surface area contributed by atoms with Gasteiger partial charge < -0.3 is 5.32 Å². The molecule has 0 atom stereocenters. The Morgan fingerprint density at radius 1 is 1.00 bits per heavy atom. The van der Waals surface area contributed by atoms with Crippen molar-refractivity contribution in [1.82, 2.24) is 9.62 Å². The molecule has 1 saturated heterocycles. The number of amides is 1. The van der Waals surface area contributed by atoms with E-state index in [1.165, 1.54) is 50.7 Å². The van der Waals surface area contributed by atoms with Gasteiger partial charge in [-0.25, -0.2) is 8.42 Å². The maximum absolute atomic E-state index is 13.3. The number of nitrogens with zero attached hydrogens (tertiary/aromatic N) is 1. The highest BCUT2D eigenvalue weighted by molar-refractivity contribution is 7.89. The molecule has 1 N–H and O–H groups in total. The summed E-state index contributed by atoms with van der Waals surface area (Å²) in [5, 5.41) is 3.17. The Hall–Kier alpha value is -1.61. The predicted molar refractivity (Wildman–Crippen MR) is 117 cm³/mol. The van der Waals surface area contributed by atoms with Gasteiger partial charge in [0.05, 0.1) is 10.5 Å². The van der Waals surface area contributed by atoms with Gasteiger partial charge in [0.1, 0.15) is 0 Å². The van der Waals surface area contributed by atoms with E-state index in [0.29, 0.717) is 19.4 Å². The van der Waals surface area contributed by atoms with Crippen molar-refractivity contribution in [3.8, 4) is 0 Å². The summed E-state index contributed by atoms with van der Waals surface area (Å²) in [6, 6.07) is 4.27. The lowest BCUT2D eigenvalue weighted by Gasteiger charge is -2.57. The van der Waals surface area contributed by atoms with Crippen molar-refractivity contribution in [3.63, 3.8) is 0 Å². The van der Waals surface area contributed by atoms with E-state index in [4.69, 9.17) is 0 Å². The van der Waals surface area contributed by atoms with Crippen LogP contribution in [0.4, 0.5) is 13.2 Å². The Kier molecular flexibility index (Phi) is 5.79. The highest BCUT2D eigenvalue weighted by Gasteiger charge is 2.51. The summed E-state index contributed by atoms with van der Waals surface area (Å²) in [5.74, 6) is 2.07. The van der Waals surface area contributed by atoms with E-state index in [-0.39, 0.29) is 30.3 Å². The fourth-order valence-corrected chi connectivity index (χ4v) is 9.03. The smallest absolute Gasteiger partial charge is 0.355 e. The molecule has 5 nitrogen and oxygen atoms in total. The van der Waals surface area contributed by atoms with Crippen molar-refractivity contribution in [2.24, 2.45) is 29.1 Å². The maximum Gasteiger partial charge on any atom is 0.417 e. The van der Waals surface area contributed by atoms with E-state index in [1.807, 2.05) is 0 Å². The first-order chi connectivity index (χ1) is 15.6. The zero-order valence-corrected chi connectivity index (χ0v) is 19.4. The molecule has 0 radical (unpaired) electrons. The molecule has 9 heteroatoms. The van der Waals surface area contributed by atoms with E-state index < -0.39 is 26.7 Å². The molecular weight excluding hydrogens is 453 g/mol. The highest BCUT2D eigenvalue weighted by Crippen LogP contribution is 2.59. The van der Waals surface area contributed by atoms with Crippen LogP contribution in [0.2, 0.25) is 0 Å². The fourth-order valence-electron chi connectivity index (χ4n) is 7.35. The summed E-state index contributed by atoms with van der Waals surface area (Å²) in [6.45, 7) is 0.792. The molecule has 0 spiro atoms. The molecule has 6 rings (SSSR count). The van der Waals surface area contributed by atoms with Crippen LogP contribution < -0.4 is 5.32 Å². The number of hydrogen-bond donors (Lipinski definition) is 1. The fraction of sp³-hybridized carbons (Fsp3) is 0.708. The minimum absolute atomic E-state index is 0.0431. The monoisotopic (exact) mass is 484 g/mol. The first kappa shape index (κ1) is 23.1. The first-order valence-corrected chi connectivity index (χ1v) is 13.4. The van der Waals surface area contributed by atoms with E-state index in [0.717, 1.165) is 34.2 Å². The van der Waals surface area contributed by atoms with Gasteiger partial charge in [0, 0.05) is 25.6 Å². The van der Waals surface area contributed by atoms with Gasteiger partial charge in [-0.2, -0.15) is 17.5 Å². The third kappa shape index (κ3) is 4.43. The Bertz CT molecular complexity index is 981. The van der Waals surface area contributed by atoms with Crippen LogP contribution in [-0.2, 0) is 21.0 Å². The molecule has 4 aliphatic carbocycles. The van der Waals surface area contributed by atoms with Crippen LogP contribution in [0.3, 0.4) is 0 Å². The van der Waals surface area contributed by atoms with Crippen molar-refractivity contribution in [2.75, 3.05) is 19.6 Å². The number of halogens is 3. The number of carbonyl (C=O) groups excluding carboxylic acids is 1. The molecule has 1 aromatic carbocycles. The van der Waals surface area contributed by atoms with Crippen LogP contribution >= 0.6 is 0 Å². The Morgan fingerprint density at radius 3 is 2.09 bits per heavy atom. The predicted octanol–water partition coefficient (Wildman–Crippen LogP) is 4.44. The Labute approximate surface area is 193 Å². The number of sulfonamides is 1. The quantitative estimate of drug-likeness (QED) is 0.672. The molecule has 1 aliphatic heterocycles. The number of benzene rings is 1. The second kappa shape index (κ2) is 8.26. The normalized spacial score (nSPS) is 32.8. The van der Waals surface area contributed by atoms with Gasteiger partial charge >= 0.3 is 6.18 Å². The third-order valence-corrected chi connectivity index (χ3v) is 10.4. The summed E-state index contributed by atoms with van der Waals surface area (Å²) in [5.41, 5.74) is -0.920. The topological polar surface area (TPSA) is 66.5 Å². The molecular formula is C24H31F3N2O3S. The zero-order chi connectivity index (χ0) is 23.4. The number of piperidine rings is 1. The number of rotatable bonds is 5. The number of hydrogen-bond acceptors (Lipinski definition) is 3. The summed E-state index contributed by atoms with van der Waals surface area (Å²) >= 11 is 0. The lowest BCUT2D eigenvalue weighted by Crippen LogP contribution is -2.52. The summed E-state index contributed by atoms with van der Waals surface area (Å²) in [4.78, 5) is 12.2. The van der Waals surface area contributed by atoms with Crippen LogP contribution in [0.25, 0.3) is 0 Å². The van der Waals surface area contributed by atoms with E-state index in [2.05, 4.69) is 5.32 Å². The molecule has 33 heavy (non-hydrogen) atoms. The average molecular weight is 485 g/mol. The van der Waals surface area contributed by atoms with Gasteiger partial charge in [0.2, 0.25) is 15.9 Å². The lowest BCUT2D eigenvalue weighted by atomic mass is 9.49. The maximum atomic E-state index is 13.3. The largest absolute Gasteiger partial charge is 0.417 e. The average Bonchev–Trinajstić information content (AvgIpc) is 2.76. The summed E-state index contributed by atoms with van der Waals surface area (Å²) in [7, 11) is -4.29. The number of nitrogens with one attached hydrogen (secondary N) is 1. The number of carbonyl (C=O) groups is 1. The molecule has 1 heterocycles. The first-order valence-electron chi connectivity index (χ1n) is 12.0. The van der Waals surface area contributed by atoms with Crippen molar-refractivity contribution < 1.29 is 26.4 Å². The molecule has 4 bridgehead atoms. The standard InChI is InChI=1S/C24H31F3N2O3S/c25-24(26,27)20-3-1-2-4-21(20)33(31,32)29-7-5-19(6-8-29)22(30)28-15-23-12-16-9-17(13-23)11-18(10-16)14-23/h1-4,16-19H,5-15H2,(H,28,30). The van der Waals surface area contributed by atoms with E-state index in [1.54, 1.807) is 0 Å². The molecule has 0 aromatic heterocycles. The molecule has 0 unspecified atom stereocenters. The van der Waals surface area contributed by atoms with Gasteiger partial charge in [0.25, 0.3) is 0 Å². The lowest BCUT2D eigenvalue weighted by molar-refractivity contribution is -0.139. The van der Waals surface area contributed by atoms with Crippen molar-refractivity contribution in [3.05, 3.63) is 29.8 Å². The second-order valence-corrected chi connectivity index (χ2v) is 12.7. The van der Waals surface area contributed by atoms with Crippen LogP contribution in [0.1, 0.15) is 56.9 Å². The van der Waals surface area contributed by atoms with Crippen LogP contribution in [0.5, 0.6) is 0 Å². The van der Waals surface area contributed by atoms with Crippen LogP contribution in [0, 0.1) is 29.1 Å². The van der Waals surface area contributed by atoms with Gasteiger partial charge in [-0.3, -0.25) is 4.79 Å². The van der Waals surface area contributed by atoms with Gasteiger partial charge in [0.15, 0.2) is 0 Å². The second-order valence-electron chi connectivity index (χ2n) is 10.8. The highest BCUT2D eigenvalue weighted by atomic mass is 32.2. The Balaban J connectivity index is 1.19. The van der Waals surface area contributed by atoms with Gasteiger partial charge in [-0.1, -0.05) is 12.1 Å². The minimum atomic E-state index is -4.75. The van der Waals surface area contributed by atoms with E-state index >= 15 is 0 Å². The SMILES string of the molecule is O=C(NCC12CC3CC(CC(C3)C1)C2)C1CCN(S(=O)(=O)c2ccccc2C(F)(F)F)CC1. The van der Waals surface area contributed by atoms with E-state index in [9.17, 15) is 26.4 Å². The molecule has 1 aromatic rings. The van der Waals surface area contributed by atoms with Crippen molar-refractivity contribution in [2.45, 2.75) is 62.4 Å². The van der Waals surface area contributed by atoms with Crippen LogP contribution in [0.15, 0.2) is 29.2 Å². The number of alkyl halides is 3. The summed E-state index contributed by atoms with van der Waals surface area (Å²) in [6.07, 6.45) is 3.53. The molecule has 182 valence electrons. The van der Waals surface area contributed by atoms with Crippen molar-refractivity contribution in [1.29, 1.82) is 0 Å².